The number of anilines is 1. The molecule has 26 heavy (non-hydrogen) atoms. The molecule has 4 rings (SSSR count). The second kappa shape index (κ2) is 8.06. The fourth-order valence-electron chi connectivity index (χ4n) is 2.34. The minimum absolute atomic E-state index is 0.0259. The van der Waals surface area contributed by atoms with Gasteiger partial charge in [-0.3, -0.25) is 9.59 Å². The Labute approximate surface area is 149 Å². The third-order valence-electron chi connectivity index (χ3n) is 3.56. The van der Waals surface area contributed by atoms with Crippen LogP contribution in [0.3, 0.4) is 0 Å². The molecule has 0 radical (unpaired) electrons. The number of amides is 1. The van der Waals surface area contributed by atoms with Gasteiger partial charge in [0.15, 0.2) is 5.78 Å². The Hall–Kier alpha value is -3.48. The van der Waals surface area contributed by atoms with E-state index in [0.717, 1.165) is 11.1 Å². The zero-order chi connectivity index (χ0) is 19.3. The standard InChI is InChI=1S/C12H13NO5.C7H4O/c1-7(14)13-9-6-4-5-8(11(15)17-2)10(9)12(16)18-3;8-7-5-2-1-3-6(7)4-5/h4-6H,1-3H3,(H,13,14);1-4H. The van der Waals surface area contributed by atoms with Crippen LogP contribution >= 0.6 is 0 Å². The average molecular weight is 355 g/mol. The van der Waals surface area contributed by atoms with E-state index in [1.807, 2.05) is 24.3 Å². The molecule has 2 aromatic rings. The van der Waals surface area contributed by atoms with E-state index in [0.29, 0.717) is 0 Å². The lowest BCUT2D eigenvalue weighted by atomic mass is 9.92. The lowest BCUT2D eigenvalue weighted by Gasteiger charge is -2.11. The second-order valence-corrected chi connectivity index (χ2v) is 5.30. The van der Waals surface area contributed by atoms with E-state index in [1.54, 1.807) is 0 Å². The Balaban J connectivity index is 0.000000247. The molecule has 7 nitrogen and oxygen atoms in total. The number of nitrogens with one attached hydrogen (secondary N) is 1. The van der Waals surface area contributed by atoms with Gasteiger partial charge in [-0.25, -0.2) is 9.59 Å². The molecule has 2 aliphatic carbocycles. The molecule has 1 N–H and O–H groups in total. The second-order valence-electron chi connectivity index (χ2n) is 5.30. The largest absolute Gasteiger partial charge is 0.465 e. The van der Waals surface area contributed by atoms with E-state index in [1.165, 1.54) is 39.3 Å². The number of ether oxygens (including phenoxy) is 2. The minimum atomic E-state index is -0.722. The first-order chi connectivity index (χ1) is 12.4. The molecule has 2 bridgehead atoms. The van der Waals surface area contributed by atoms with Crippen LogP contribution in [0.25, 0.3) is 0 Å². The average Bonchev–Trinajstić information content (AvgIpc) is 2.66. The van der Waals surface area contributed by atoms with E-state index in [4.69, 9.17) is 0 Å². The zero-order valence-electron chi connectivity index (χ0n) is 14.5. The topological polar surface area (TPSA) is 98.8 Å². The number of fused-ring (bicyclic) bond motifs is 2. The summed E-state index contributed by atoms with van der Waals surface area (Å²) in [5, 5.41) is 2.46. The van der Waals surface area contributed by atoms with Gasteiger partial charge >= 0.3 is 11.9 Å². The molecule has 0 aliphatic heterocycles. The highest BCUT2D eigenvalue weighted by molar-refractivity contribution is 6.16. The SMILES string of the molecule is COC(=O)c1cccc(NC(C)=O)c1C(=O)OC.O=C1c2cccc1c2. The van der Waals surface area contributed by atoms with Gasteiger partial charge < -0.3 is 14.8 Å². The van der Waals surface area contributed by atoms with Gasteiger partial charge in [-0.1, -0.05) is 24.3 Å². The Morgan fingerprint density at radius 3 is 1.88 bits per heavy atom. The molecular weight excluding hydrogens is 338 g/mol. The smallest absolute Gasteiger partial charge is 0.340 e. The fraction of sp³-hybridized carbons (Fsp3) is 0.158. The van der Waals surface area contributed by atoms with Crippen LogP contribution in [0.1, 0.15) is 43.6 Å². The van der Waals surface area contributed by atoms with Crippen LogP contribution < -0.4 is 5.32 Å². The van der Waals surface area contributed by atoms with E-state index in [2.05, 4.69) is 14.8 Å². The molecule has 0 saturated heterocycles. The number of hydrogen-bond donors (Lipinski definition) is 1. The van der Waals surface area contributed by atoms with Gasteiger partial charge in [0, 0.05) is 18.1 Å². The summed E-state index contributed by atoms with van der Waals surface area (Å²) in [6, 6.07) is 11.9. The van der Waals surface area contributed by atoms with Crippen LogP contribution in [0.15, 0.2) is 42.5 Å². The molecule has 1 amide bonds. The number of esters is 2. The van der Waals surface area contributed by atoms with Gasteiger partial charge in [0.05, 0.1) is 31.0 Å². The number of hydrogen-bond acceptors (Lipinski definition) is 6. The van der Waals surface area contributed by atoms with Crippen molar-refractivity contribution in [2.24, 2.45) is 0 Å². The highest BCUT2D eigenvalue weighted by atomic mass is 16.5. The number of methoxy groups -OCH3 is 2. The van der Waals surface area contributed by atoms with Crippen molar-refractivity contribution in [1.82, 2.24) is 0 Å². The number of benzene rings is 2. The number of carbonyl (C=O) groups is 4. The van der Waals surface area contributed by atoms with Gasteiger partial charge in [-0.05, 0) is 18.2 Å². The number of carbonyl (C=O) groups excluding carboxylic acids is 4. The summed E-state index contributed by atoms with van der Waals surface area (Å²) in [6.45, 7) is 1.30. The maximum Gasteiger partial charge on any atom is 0.340 e. The van der Waals surface area contributed by atoms with Crippen molar-refractivity contribution in [3.8, 4) is 0 Å². The van der Waals surface area contributed by atoms with Crippen molar-refractivity contribution in [2.75, 3.05) is 19.5 Å². The molecule has 0 fully saturated rings. The van der Waals surface area contributed by atoms with Crippen LogP contribution in [0, 0.1) is 0 Å². The zero-order valence-corrected chi connectivity index (χ0v) is 14.5. The monoisotopic (exact) mass is 355 g/mol. The molecule has 2 aliphatic rings. The lowest BCUT2D eigenvalue weighted by molar-refractivity contribution is -0.114. The maximum atomic E-state index is 11.7. The van der Waals surface area contributed by atoms with Crippen molar-refractivity contribution < 1.29 is 28.7 Å². The Kier molecular flexibility index (Phi) is 5.85. The van der Waals surface area contributed by atoms with Crippen LogP contribution in [-0.2, 0) is 14.3 Å². The van der Waals surface area contributed by atoms with E-state index in [9.17, 15) is 19.2 Å². The molecule has 7 heteroatoms. The number of ketones is 1. The van der Waals surface area contributed by atoms with Crippen molar-refractivity contribution in [3.05, 3.63) is 64.7 Å². The Bertz CT molecular complexity index is 859. The van der Waals surface area contributed by atoms with Gasteiger partial charge in [0.25, 0.3) is 0 Å². The van der Waals surface area contributed by atoms with Gasteiger partial charge in [-0.2, -0.15) is 0 Å². The summed E-state index contributed by atoms with van der Waals surface area (Å²) in [7, 11) is 2.39. The summed E-state index contributed by atoms with van der Waals surface area (Å²) < 4.78 is 9.17. The van der Waals surface area contributed by atoms with E-state index in [-0.39, 0.29) is 28.5 Å². The van der Waals surface area contributed by atoms with Crippen LogP contribution in [0.5, 0.6) is 0 Å². The quantitative estimate of drug-likeness (QED) is 0.725. The molecular formula is C19H17NO6. The van der Waals surface area contributed by atoms with Crippen LogP contribution in [-0.4, -0.2) is 37.8 Å². The molecule has 0 aromatic heterocycles. The fourth-order valence-corrected chi connectivity index (χ4v) is 2.34. The van der Waals surface area contributed by atoms with Crippen LogP contribution in [0.4, 0.5) is 5.69 Å². The first-order valence-electron chi connectivity index (χ1n) is 7.61. The third kappa shape index (κ3) is 3.94. The van der Waals surface area contributed by atoms with E-state index < -0.39 is 11.9 Å². The predicted octanol–water partition coefficient (Wildman–Crippen LogP) is 2.45. The first kappa shape index (κ1) is 18.9. The summed E-state index contributed by atoms with van der Waals surface area (Å²) in [5.74, 6) is -1.56. The summed E-state index contributed by atoms with van der Waals surface area (Å²) in [5.41, 5.74) is 1.92. The Morgan fingerprint density at radius 1 is 0.885 bits per heavy atom. The normalized spacial score (nSPS) is 10.7. The minimum Gasteiger partial charge on any atom is -0.465 e. The van der Waals surface area contributed by atoms with Crippen molar-refractivity contribution >= 4 is 29.3 Å². The molecule has 0 atom stereocenters. The van der Waals surface area contributed by atoms with Gasteiger partial charge in [-0.15, -0.1) is 0 Å². The van der Waals surface area contributed by atoms with Crippen LogP contribution in [0.2, 0.25) is 0 Å². The molecule has 0 heterocycles. The predicted molar refractivity (Wildman–Crippen MR) is 93.3 cm³/mol. The Morgan fingerprint density at radius 2 is 1.46 bits per heavy atom. The maximum absolute atomic E-state index is 11.7. The van der Waals surface area contributed by atoms with Gasteiger partial charge in [0.1, 0.15) is 0 Å². The molecule has 0 unspecified atom stereocenters. The lowest BCUT2D eigenvalue weighted by Crippen LogP contribution is -2.17. The molecule has 0 spiro atoms. The number of rotatable bonds is 3. The molecule has 134 valence electrons. The van der Waals surface area contributed by atoms with Gasteiger partial charge in [0.2, 0.25) is 5.91 Å². The summed E-state index contributed by atoms with van der Waals surface area (Å²) >= 11 is 0. The molecule has 0 saturated carbocycles. The third-order valence-corrected chi connectivity index (χ3v) is 3.56. The van der Waals surface area contributed by atoms with E-state index >= 15 is 0 Å². The highest BCUT2D eigenvalue weighted by Gasteiger charge is 2.22. The summed E-state index contributed by atoms with van der Waals surface area (Å²) in [6.07, 6.45) is 0. The highest BCUT2D eigenvalue weighted by Crippen LogP contribution is 2.22. The summed E-state index contributed by atoms with van der Waals surface area (Å²) in [4.78, 5) is 44.9. The first-order valence-corrected chi connectivity index (χ1v) is 7.61. The van der Waals surface area contributed by atoms with Crippen molar-refractivity contribution in [3.63, 3.8) is 0 Å². The van der Waals surface area contributed by atoms with Crippen molar-refractivity contribution in [1.29, 1.82) is 0 Å². The van der Waals surface area contributed by atoms with Crippen molar-refractivity contribution in [2.45, 2.75) is 6.92 Å². The molecule has 2 aromatic carbocycles.